The van der Waals surface area contributed by atoms with Crippen molar-refractivity contribution in [3.8, 4) is 0 Å². The molecule has 0 amide bonds. The Kier molecular flexibility index (Phi) is 5.36. The summed E-state index contributed by atoms with van der Waals surface area (Å²) >= 11 is 3.44. The minimum atomic E-state index is 0.398. The maximum atomic E-state index is 5.73. The molecule has 0 aliphatic heterocycles. The van der Waals surface area contributed by atoms with Crippen LogP contribution in [0.4, 0.5) is 5.13 Å². The largest absolute Gasteiger partial charge is 0.375 e. The van der Waals surface area contributed by atoms with E-state index in [-0.39, 0.29) is 0 Å². The van der Waals surface area contributed by atoms with Gasteiger partial charge in [-0.2, -0.15) is 0 Å². The number of nitrogens with zero attached hydrogens (tertiary/aromatic N) is 2. The predicted octanol–water partition coefficient (Wildman–Crippen LogP) is 3.80. The first-order valence-electron chi connectivity index (χ1n) is 6.68. The average Bonchev–Trinajstić information content (AvgIpc) is 3.05. The van der Waals surface area contributed by atoms with E-state index in [4.69, 9.17) is 5.73 Å². The zero-order valence-electron chi connectivity index (χ0n) is 11.5. The minimum Gasteiger partial charge on any atom is -0.375 e. The molecule has 104 valence electrons. The number of aromatic nitrogens is 1. The molecule has 5 heteroatoms. The van der Waals surface area contributed by atoms with Crippen molar-refractivity contribution in [3.63, 3.8) is 0 Å². The van der Waals surface area contributed by atoms with E-state index in [9.17, 15) is 0 Å². The van der Waals surface area contributed by atoms with Gasteiger partial charge in [0.15, 0.2) is 5.13 Å². The number of nitrogens with two attached hydrogens (primary N) is 1. The first-order chi connectivity index (χ1) is 9.20. The third-order valence-corrected chi connectivity index (χ3v) is 5.17. The van der Waals surface area contributed by atoms with Crippen molar-refractivity contribution < 1.29 is 0 Å². The molecule has 2 rings (SSSR count). The number of hydrogen-bond acceptors (Lipinski definition) is 5. The molecule has 2 aromatic rings. The summed E-state index contributed by atoms with van der Waals surface area (Å²) in [5, 5.41) is 2.81. The van der Waals surface area contributed by atoms with E-state index in [0.717, 1.165) is 19.5 Å². The van der Waals surface area contributed by atoms with Crippen molar-refractivity contribution in [1.29, 1.82) is 0 Å². The molecule has 0 saturated heterocycles. The van der Waals surface area contributed by atoms with Crippen LogP contribution in [0.25, 0.3) is 0 Å². The Labute approximate surface area is 123 Å². The standard InChI is InChI=1S/C14H21N3S2/c1-3-7-17(8-6-12-5-4-9-18-12)11(2)13-10-16-14(15)19-13/h4-5,9-11H,3,6-8H2,1-2H3,(H2,15,16). The van der Waals surface area contributed by atoms with Gasteiger partial charge in [0.2, 0.25) is 0 Å². The molecule has 19 heavy (non-hydrogen) atoms. The molecule has 2 aromatic heterocycles. The first kappa shape index (κ1) is 14.5. The van der Waals surface area contributed by atoms with Crippen LogP contribution in [0.3, 0.4) is 0 Å². The molecule has 0 aliphatic rings. The quantitative estimate of drug-likeness (QED) is 0.844. The molecule has 0 radical (unpaired) electrons. The van der Waals surface area contributed by atoms with Crippen molar-refractivity contribution in [2.45, 2.75) is 32.7 Å². The van der Waals surface area contributed by atoms with E-state index in [1.807, 2.05) is 17.5 Å². The van der Waals surface area contributed by atoms with E-state index in [1.165, 1.54) is 16.2 Å². The third kappa shape index (κ3) is 4.03. The van der Waals surface area contributed by atoms with Gasteiger partial charge < -0.3 is 5.73 Å². The molecule has 1 atom stereocenters. The molecular weight excluding hydrogens is 274 g/mol. The summed E-state index contributed by atoms with van der Waals surface area (Å²) in [5.74, 6) is 0. The van der Waals surface area contributed by atoms with Crippen LogP contribution in [0.5, 0.6) is 0 Å². The summed E-state index contributed by atoms with van der Waals surface area (Å²) < 4.78 is 0. The third-order valence-electron chi connectivity index (χ3n) is 3.24. The predicted molar refractivity (Wildman–Crippen MR) is 84.8 cm³/mol. The van der Waals surface area contributed by atoms with Crippen LogP contribution in [0.1, 0.15) is 36.1 Å². The van der Waals surface area contributed by atoms with Crippen LogP contribution in [-0.4, -0.2) is 23.0 Å². The molecule has 2 N–H and O–H groups in total. The summed E-state index contributed by atoms with van der Waals surface area (Å²) in [5.41, 5.74) is 5.73. The lowest BCUT2D eigenvalue weighted by Crippen LogP contribution is -2.29. The molecule has 0 fully saturated rings. The Bertz CT molecular complexity index is 479. The summed E-state index contributed by atoms with van der Waals surface area (Å²) in [6.07, 6.45) is 4.21. The molecule has 0 bridgehead atoms. The fourth-order valence-corrected chi connectivity index (χ4v) is 3.64. The lowest BCUT2D eigenvalue weighted by Gasteiger charge is -2.27. The monoisotopic (exact) mass is 295 g/mol. The van der Waals surface area contributed by atoms with Crippen LogP contribution in [0.2, 0.25) is 0 Å². The van der Waals surface area contributed by atoms with Crippen LogP contribution in [0.15, 0.2) is 23.7 Å². The van der Waals surface area contributed by atoms with Gasteiger partial charge in [0.1, 0.15) is 0 Å². The van der Waals surface area contributed by atoms with Gasteiger partial charge in [-0.05, 0) is 37.8 Å². The Morgan fingerprint density at radius 1 is 1.42 bits per heavy atom. The first-order valence-corrected chi connectivity index (χ1v) is 8.38. The van der Waals surface area contributed by atoms with E-state index in [1.54, 1.807) is 11.3 Å². The van der Waals surface area contributed by atoms with Crippen molar-refractivity contribution >= 4 is 27.8 Å². The second kappa shape index (κ2) is 7.03. The van der Waals surface area contributed by atoms with E-state index in [2.05, 4.69) is 41.2 Å². The van der Waals surface area contributed by atoms with E-state index >= 15 is 0 Å². The molecule has 0 saturated carbocycles. The number of nitrogen functional groups attached to an aromatic ring is 1. The normalized spacial score (nSPS) is 13.0. The topological polar surface area (TPSA) is 42.2 Å². The highest BCUT2D eigenvalue weighted by Gasteiger charge is 2.17. The fourth-order valence-electron chi connectivity index (χ4n) is 2.17. The van der Waals surface area contributed by atoms with Crippen LogP contribution >= 0.6 is 22.7 Å². The maximum Gasteiger partial charge on any atom is 0.180 e. The number of thiazole rings is 1. The van der Waals surface area contributed by atoms with E-state index < -0.39 is 0 Å². The van der Waals surface area contributed by atoms with Gasteiger partial charge in [-0.1, -0.05) is 13.0 Å². The molecule has 0 spiro atoms. The number of anilines is 1. The smallest absolute Gasteiger partial charge is 0.180 e. The fraction of sp³-hybridized carbons (Fsp3) is 0.500. The zero-order valence-corrected chi connectivity index (χ0v) is 13.1. The second-order valence-corrected chi connectivity index (χ2v) is 6.77. The lowest BCUT2D eigenvalue weighted by atomic mass is 10.2. The second-order valence-electron chi connectivity index (χ2n) is 4.64. The average molecular weight is 295 g/mol. The number of rotatable bonds is 7. The Balaban J connectivity index is 1.98. The van der Waals surface area contributed by atoms with Crippen LogP contribution < -0.4 is 5.73 Å². The summed E-state index contributed by atoms with van der Waals surface area (Å²) in [4.78, 5) is 9.40. The molecule has 3 nitrogen and oxygen atoms in total. The summed E-state index contributed by atoms with van der Waals surface area (Å²) in [6, 6.07) is 4.73. The van der Waals surface area contributed by atoms with Gasteiger partial charge in [0, 0.05) is 28.5 Å². The van der Waals surface area contributed by atoms with Crippen molar-refractivity contribution in [2.75, 3.05) is 18.8 Å². The maximum absolute atomic E-state index is 5.73. The SMILES string of the molecule is CCCN(CCc1cccs1)C(C)c1cnc(N)s1. The highest BCUT2D eigenvalue weighted by atomic mass is 32.1. The molecule has 0 aromatic carbocycles. The van der Waals surface area contributed by atoms with Gasteiger partial charge in [-0.15, -0.1) is 22.7 Å². The highest BCUT2D eigenvalue weighted by molar-refractivity contribution is 7.15. The van der Waals surface area contributed by atoms with Crippen LogP contribution in [-0.2, 0) is 6.42 Å². The Morgan fingerprint density at radius 3 is 2.84 bits per heavy atom. The Morgan fingerprint density at radius 2 is 2.26 bits per heavy atom. The van der Waals surface area contributed by atoms with Crippen LogP contribution in [0, 0.1) is 0 Å². The van der Waals surface area contributed by atoms with Gasteiger partial charge in [0.05, 0.1) is 0 Å². The molecule has 2 heterocycles. The van der Waals surface area contributed by atoms with Gasteiger partial charge >= 0.3 is 0 Å². The highest BCUT2D eigenvalue weighted by Crippen LogP contribution is 2.27. The minimum absolute atomic E-state index is 0.398. The summed E-state index contributed by atoms with van der Waals surface area (Å²) in [6.45, 7) is 6.68. The summed E-state index contributed by atoms with van der Waals surface area (Å²) in [7, 11) is 0. The molecule has 0 aliphatic carbocycles. The zero-order chi connectivity index (χ0) is 13.7. The van der Waals surface area contributed by atoms with Gasteiger partial charge in [0.25, 0.3) is 0 Å². The number of thiophene rings is 1. The number of hydrogen-bond donors (Lipinski definition) is 1. The van der Waals surface area contributed by atoms with Crippen molar-refractivity contribution in [1.82, 2.24) is 9.88 Å². The van der Waals surface area contributed by atoms with Gasteiger partial charge in [-0.3, -0.25) is 4.90 Å². The molecular formula is C14H21N3S2. The molecule has 1 unspecified atom stereocenters. The lowest BCUT2D eigenvalue weighted by molar-refractivity contribution is 0.216. The Hall–Kier alpha value is -0.910. The van der Waals surface area contributed by atoms with Gasteiger partial charge in [-0.25, -0.2) is 4.98 Å². The van der Waals surface area contributed by atoms with Crippen molar-refractivity contribution in [2.24, 2.45) is 0 Å². The van der Waals surface area contributed by atoms with Crippen molar-refractivity contribution in [3.05, 3.63) is 33.5 Å². The van der Waals surface area contributed by atoms with E-state index in [0.29, 0.717) is 11.2 Å².